The van der Waals surface area contributed by atoms with Crippen molar-refractivity contribution in [2.75, 3.05) is 0 Å². The minimum absolute atomic E-state index is 0.0364. The van der Waals surface area contributed by atoms with Crippen LogP contribution >= 0.6 is 0 Å². The molecule has 8 heteroatoms. The van der Waals surface area contributed by atoms with Gasteiger partial charge in [0.2, 0.25) is 0 Å². The third-order valence-corrected chi connectivity index (χ3v) is 3.69. The molecule has 3 rings (SSSR count). The SMILES string of the molecule is C=Cc1cc(C(F)(F)F)c2[nH]c(=O)c(-c3nc(C)no3)c(C)c2c1. The van der Waals surface area contributed by atoms with Crippen molar-refractivity contribution in [2.45, 2.75) is 20.0 Å². The van der Waals surface area contributed by atoms with Crippen LogP contribution in [-0.4, -0.2) is 15.1 Å². The van der Waals surface area contributed by atoms with E-state index in [0.29, 0.717) is 11.4 Å². The van der Waals surface area contributed by atoms with E-state index in [1.165, 1.54) is 12.1 Å². The molecule has 1 N–H and O–H groups in total. The van der Waals surface area contributed by atoms with Gasteiger partial charge in [-0.2, -0.15) is 18.2 Å². The number of pyridine rings is 1. The number of aromatic amines is 1. The van der Waals surface area contributed by atoms with Gasteiger partial charge in [0.05, 0.1) is 11.1 Å². The van der Waals surface area contributed by atoms with Gasteiger partial charge in [0.25, 0.3) is 11.4 Å². The standard InChI is InChI=1S/C16H12F3N3O2/c1-4-9-5-10-7(2)12(15-20-8(3)22-24-15)14(23)21-13(10)11(6-9)16(17,18)19/h4-6H,1H2,2-3H3,(H,21,23). The molecule has 0 aliphatic heterocycles. The van der Waals surface area contributed by atoms with Gasteiger partial charge in [-0.1, -0.05) is 17.8 Å². The van der Waals surface area contributed by atoms with Gasteiger partial charge >= 0.3 is 6.18 Å². The fourth-order valence-electron chi connectivity index (χ4n) is 2.57. The summed E-state index contributed by atoms with van der Waals surface area (Å²) in [5.74, 6) is 0.283. The normalized spacial score (nSPS) is 11.9. The van der Waals surface area contributed by atoms with E-state index in [1.807, 2.05) is 0 Å². The van der Waals surface area contributed by atoms with Crippen LogP contribution in [0.25, 0.3) is 28.4 Å². The number of aryl methyl sites for hydroxylation is 2. The van der Waals surface area contributed by atoms with E-state index in [-0.39, 0.29) is 27.9 Å². The molecule has 24 heavy (non-hydrogen) atoms. The lowest BCUT2D eigenvalue weighted by molar-refractivity contribution is -0.136. The predicted octanol–water partition coefficient (Wildman–Crippen LogP) is 3.86. The second-order valence-corrected chi connectivity index (χ2v) is 5.29. The van der Waals surface area contributed by atoms with Crippen LogP contribution in [0.1, 0.15) is 22.5 Å². The van der Waals surface area contributed by atoms with E-state index in [0.717, 1.165) is 6.07 Å². The molecular formula is C16H12F3N3O2. The smallest absolute Gasteiger partial charge is 0.334 e. The Kier molecular flexibility index (Phi) is 3.55. The van der Waals surface area contributed by atoms with Gasteiger partial charge in [0.15, 0.2) is 5.82 Å². The summed E-state index contributed by atoms with van der Waals surface area (Å²) >= 11 is 0. The van der Waals surface area contributed by atoms with Crippen LogP contribution in [0, 0.1) is 13.8 Å². The maximum Gasteiger partial charge on any atom is 0.418 e. The van der Waals surface area contributed by atoms with E-state index in [4.69, 9.17) is 4.52 Å². The van der Waals surface area contributed by atoms with Crippen molar-refractivity contribution in [3.05, 3.63) is 51.6 Å². The second-order valence-electron chi connectivity index (χ2n) is 5.29. The number of hydrogen-bond acceptors (Lipinski definition) is 4. The molecule has 0 saturated heterocycles. The van der Waals surface area contributed by atoms with Crippen molar-refractivity contribution in [1.82, 2.24) is 15.1 Å². The Morgan fingerprint density at radius 1 is 1.29 bits per heavy atom. The highest BCUT2D eigenvalue weighted by atomic mass is 19.4. The van der Waals surface area contributed by atoms with Crippen LogP contribution in [0.5, 0.6) is 0 Å². The van der Waals surface area contributed by atoms with Crippen LogP contribution in [0.3, 0.4) is 0 Å². The zero-order valence-corrected chi connectivity index (χ0v) is 12.8. The van der Waals surface area contributed by atoms with Crippen LogP contribution in [0.2, 0.25) is 0 Å². The Morgan fingerprint density at radius 3 is 2.54 bits per heavy atom. The Labute approximate surface area is 133 Å². The highest BCUT2D eigenvalue weighted by Gasteiger charge is 2.34. The van der Waals surface area contributed by atoms with Gasteiger partial charge in [-0.15, -0.1) is 0 Å². The highest BCUT2D eigenvalue weighted by molar-refractivity contribution is 5.91. The largest absolute Gasteiger partial charge is 0.418 e. The maximum absolute atomic E-state index is 13.3. The van der Waals surface area contributed by atoms with Crippen LogP contribution in [-0.2, 0) is 6.18 Å². The lowest BCUT2D eigenvalue weighted by Gasteiger charge is -2.14. The molecule has 0 bridgehead atoms. The van der Waals surface area contributed by atoms with Crippen LogP contribution < -0.4 is 5.56 Å². The van der Waals surface area contributed by atoms with Crippen molar-refractivity contribution < 1.29 is 17.7 Å². The summed E-state index contributed by atoms with van der Waals surface area (Å²) < 4.78 is 45.0. The third kappa shape index (κ3) is 2.49. The summed E-state index contributed by atoms with van der Waals surface area (Å²) in [5, 5.41) is 3.85. The van der Waals surface area contributed by atoms with Gasteiger partial charge in [0.1, 0.15) is 5.56 Å². The lowest BCUT2D eigenvalue weighted by atomic mass is 9.98. The number of hydrogen-bond donors (Lipinski definition) is 1. The van der Waals surface area contributed by atoms with Crippen molar-refractivity contribution in [1.29, 1.82) is 0 Å². The first-order valence-corrected chi connectivity index (χ1v) is 6.93. The summed E-state index contributed by atoms with van der Waals surface area (Å²) in [7, 11) is 0. The predicted molar refractivity (Wildman–Crippen MR) is 82.4 cm³/mol. The molecule has 5 nitrogen and oxygen atoms in total. The number of aromatic nitrogens is 3. The maximum atomic E-state index is 13.3. The minimum Gasteiger partial charge on any atom is -0.334 e. The molecular weight excluding hydrogens is 323 g/mol. The molecule has 0 aliphatic rings. The van der Waals surface area contributed by atoms with Gasteiger partial charge in [-0.3, -0.25) is 4.79 Å². The van der Waals surface area contributed by atoms with E-state index < -0.39 is 17.3 Å². The molecule has 0 fully saturated rings. The second kappa shape index (κ2) is 5.33. The highest BCUT2D eigenvalue weighted by Crippen LogP contribution is 2.36. The average molecular weight is 335 g/mol. The minimum atomic E-state index is -4.62. The Bertz CT molecular complexity index is 1020. The number of benzene rings is 1. The number of nitrogens with zero attached hydrogens (tertiary/aromatic N) is 2. The summed E-state index contributed by atoms with van der Waals surface area (Å²) in [6, 6.07) is 2.47. The van der Waals surface area contributed by atoms with Crippen molar-refractivity contribution in [2.24, 2.45) is 0 Å². The molecule has 0 aliphatic carbocycles. The molecule has 0 atom stereocenters. The molecule has 2 aromatic heterocycles. The quantitative estimate of drug-likeness (QED) is 0.772. The molecule has 0 unspecified atom stereocenters. The number of nitrogens with one attached hydrogen (secondary N) is 1. The molecule has 0 amide bonds. The van der Waals surface area contributed by atoms with Crippen molar-refractivity contribution >= 4 is 17.0 Å². The first-order valence-electron chi connectivity index (χ1n) is 6.93. The first kappa shape index (κ1) is 16.0. The van der Waals surface area contributed by atoms with E-state index in [2.05, 4.69) is 21.7 Å². The molecule has 0 saturated carbocycles. The number of H-pyrrole nitrogens is 1. The van der Waals surface area contributed by atoms with E-state index >= 15 is 0 Å². The number of halogens is 3. The van der Waals surface area contributed by atoms with Gasteiger partial charge in [-0.25, -0.2) is 0 Å². The van der Waals surface area contributed by atoms with Crippen molar-refractivity contribution in [3.63, 3.8) is 0 Å². The fourth-order valence-corrected chi connectivity index (χ4v) is 2.57. The summed E-state index contributed by atoms with van der Waals surface area (Å²) in [6.45, 7) is 6.63. The van der Waals surface area contributed by atoms with Gasteiger partial charge in [-0.05, 0) is 37.1 Å². The third-order valence-electron chi connectivity index (χ3n) is 3.69. The average Bonchev–Trinajstić information content (AvgIpc) is 2.91. The monoisotopic (exact) mass is 335 g/mol. The molecule has 0 radical (unpaired) electrons. The first-order chi connectivity index (χ1) is 11.2. The zero-order chi connectivity index (χ0) is 17.6. The number of rotatable bonds is 2. The van der Waals surface area contributed by atoms with Crippen LogP contribution in [0.15, 0.2) is 28.0 Å². The molecule has 124 valence electrons. The van der Waals surface area contributed by atoms with Crippen molar-refractivity contribution in [3.8, 4) is 11.5 Å². The Hall–Kier alpha value is -2.90. The Balaban J connectivity index is 2.45. The van der Waals surface area contributed by atoms with Gasteiger partial charge < -0.3 is 9.51 Å². The Morgan fingerprint density at radius 2 is 2.00 bits per heavy atom. The molecule has 3 aromatic rings. The van der Waals surface area contributed by atoms with E-state index in [1.54, 1.807) is 13.8 Å². The fraction of sp³-hybridized carbons (Fsp3) is 0.188. The molecule has 1 aromatic carbocycles. The number of fused-ring (bicyclic) bond motifs is 1. The van der Waals surface area contributed by atoms with Crippen LogP contribution in [0.4, 0.5) is 13.2 Å². The van der Waals surface area contributed by atoms with Gasteiger partial charge in [0, 0.05) is 5.39 Å². The number of alkyl halides is 3. The lowest BCUT2D eigenvalue weighted by Crippen LogP contribution is -2.15. The zero-order valence-electron chi connectivity index (χ0n) is 12.8. The molecule has 2 heterocycles. The topological polar surface area (TPSA) is 71.8 Å². The summed E-state index contributed by atoms with van der Waals surface area (Å²) in [5.41, 5.74) is -1.26. The molecule has 0 spiro atoms. The van der Waals surface area contributed by atoms with E-state index in [9.17, 15) is 18.0 Å². The summed E-state index contributed by atoms with van der Waals surface area (Å²) in [4.78, 5) is 18.6. The summed E-state index contributed by atoms with van der Waals surface area (Å²) in [6.07, 6.45) is -3.30.